The molecule has 5 rings (SSSR count). The van der Waals surface area contributed by atoms with Gasteiger partial charge in [-0.25, -0.2) is 0 Å². The fraction of sp³-hybridized carbons (Fsp3) is 0.500. The maximum atomic E-state index is 4.04. The van der Waals surface area contributed by atoms with Crippen LogP contribution in [0.4, 0.5) is 0 Å². The Bertz CT molecular complexity index is 897. The molecule has 0 spiro atoms. The fourth-order valence-corrected chi connectivity index (χ4v) is 7.22. The van der Waals surface area contributed by atoms with E-state index in [4.69, 9.17) is 0 Å². The minimum atomic E-state index is 0.304. The van der Waals surface area contributed by atoms with Crippen molar-refractivity contribution in [3.63, 3.8) is 0 Å². The van der Waals surface area contributed by atoms with Crippen LogP contribution in [-0.2, 0) is 0 Å². The van der Waals surface area contributed by atoms with Crippen LogP contribution in [0.1, 0.15) is 74.6 Å². The lowest BCUT2D eigenvalue weighted by Crippen LogP contribution is -2.38. The first-order valence-corrected chi connectivity index (χ1v) is 11.6. The Balaban J connectivity index is 1.85. The van der Waals surface area contributed by atoms with Crippen LogP contribution < -0.4 is 0 Å². The fourth-order valence-electron chi connectivity index (χ4n) is 5.83. The lowest BCUT2D eigenvalue weighted by atomic mass is 9.54. The summed E-state index contributed by atoms with van der Waals surface area (Å²) in [4.78, 5) is 0.396. The molecule has 0 aromatic heterocycles. The predicted molar refractivity (Wildman–Crippen MR) is 119 cm³/mol. The van der Waals surface area contributed by atoms with E-state index in [-0.39, 0.29) is 0 Å². The molecule has 4 atom stereocenters. The number of hydrogen-bond donors (Lipinski definition) is 0. The molecule has 4 aliphatic carbocycles. The molecule has 0 amide bonds. The molecule has 4 aliphatic rings. The van der Waals surface area contributed by atoms with Gasteiger partial charge in [0.15, 0.2) is 0 Å². The van der Waals surface area contributed by atoms with Gasteiger partial charge in [0.2, 0.25) is 0 Å². The summed E-state index contributed by atoms with van der Waals surface area (Å²) in [6.07, 6.45) is 10.2. The summed E-state index contributed by atoms with van der Waals surface area (Å²) in [5, 5.41) is 0. The molecule has 1 saturated carbocycles. The third-order valence-corrected chi connectivity index (χ3v) is 8.70. The standard InChI is InChI=1S/C24H26Br2/c1-12(2)16-11-20(26)17-10-18-21-13(7-8-24(18,3)4)9-19(25)15-6-5-14(16)22(17)23(15)21/h5-6,9-13,17,20-21H,7-8H2,1-4H3. The van der Waals surface area contributed by atoms with E-state index in [2.05, 4.69) is 89.9 Å². The maximum absolute atomic E-state index is 4.04. The van der Waals surface area contributed by atoms with Crippen molar-refractivity contribution >= 4 is 41.9 Å². The SMILES string of the molecule is CC(C)C1=CC(Br)C2C=C3C4c5c(ccc1c52)C(Br)=CC4CCC3(C)C. The molecule has 4 unspecified atom stereocenters. The van der Waals surface area contributed by atoms with Gasteiger partial charge in [0.25, 0.3) is 0 Å². The molecule has 136 valence electrons. The van der Waals surface area contributed by atoms with Crippen molar-refractivity contribution in [2.45, 2.75) is 57.2 Å². The van der Waals surface area contributed by atoms with Crippen LogP contribution in [0.25, 0.3) is 10.1 Å². The van der Waals surface area contributed by atoms with Crippen molar-refractivity contribution in [3.05, 3.63) is 58.2 Å². The first kappa shape index (κ1) is 17.5. The van der Waals surface area contributed by atoms with E-state index in [1.807, 2.05) is 0 Å². The summed E-state index contributed by atoms with van der Waals surface area (Å²) >= 11 is 7.96. The highest BCUT2D eigenvalue weighted by Gasteiger charge is 2.48. The molecule has 1 fully saturated rings. The largest absolute Gasteiger partial charge is 0.0835 e. The van der Waals surface area contributed by atoms with Crippen LogP contribution in [0, 0.1) is 17.3 Å². The lowest BCUT2D eigenvalue weighted by molar-refractivity contribution is 0.266. The van der Waals surface area contributed by atoms with Crippen molar-refractivity contribution in [1.29, 1.82) is 0 Å². The molecular formula is C24H26Br2. The smallest absolute Gasteiger partial charge is 0.0435 e. The average Bonchev–Trinajstić information content (AvgIpc) is 2.59. The van der Waals surface area contributed by atoms with Gasteiger partial charge < -0.3 is 0 Å². The van der Waals surface area contributed by atoms with Crippen molar-refractivity contribution in [2.75, 3.05) is 0 Å². The minimum Gasteiger partial charge on any atom is -0.0835 e. The monoisotopic (exact) mass is 472 g/mol. The van der Waals surface area contributed by atoms with Crippen LogP contribution >= 0.6 is 31.9 Å². The molecule has 0 aliphatic heterocycles. The van der Waals surface area contributed by atoms with Crippen LogP contribution in [0.5, 0.6) is 0 Å². The third-order valence-electron chi connectivity index (χ3n) is 7.17. The van der Waals surface area contributed by atoms with E-state index >= 15 is 0 Å². The van der Waals surface area contributed by atoms with Gasteiger partial charge in [0, 0.05) is 21.1 Å². The molecule has 1 aromatic carbocycles. The Morgan fingerprint density at radius 3 is 2.50 bits per heavy atom. The summed E-state index contributed by atoms with van der Waals surface area (Å²) in [6, 6.07) is 4.76. The number of benzene rings is 1. The quantitative estimate of drug-likeness (QED) is 0.288. The van der Waals surface area contributed by atoms with Gasteiger partial charge in [0.05, 0.1) is 0 Å². The van der Waals surface area contributed by atoms with E-state index in [1.165, 1.54) is 34.0 Å². The van der Waals surface area contributed by atoms with Crippen molar-refractivity contribution in [2.24, 2.45) is 17.3 Å². The summed E-state index contributed by atoms with van der Waals surface area (Å²) in [6.45, 7) is 9.56. The topological polar surface area (TPSA) is 0 Å². The van der Waals surface area contributed by atoms with Gasteiger partial charge in [-0.1, -0.05) is 95.5 Å². The highest BCUT2D eigenvalue weighted by molar-refractivity contribution is 9.15. The van der Waals surface area contributed by atoms with Crippen LogP contribution in [0.15, 0.2) is 35.9 Å². The average molecular weight is 474 g/mol. The summed E-state index contributed by atoms with van der Waals surface area (Å²) in [5.41, 5.74) is 9.67. The lowest BCUT2D eigenvalue weighted by Gasteiger charge is -2.50. The van der Waals surface area contributed by atoms with Crippen molar-refractivity contribution < 1.29 is 0 Å². The van der Waals surface area contributed by atoms with Gasteiger partial charge in [-0.2, -0.15) is 0 Å². The number of rotatable bonds is 1. The van der Waals surface area contributed by atoms with E-state index in [1.54, 1.807) is 16.7 Å². The van der Waals surface area contributed by atoms with Crippen molar-refractivity contribution in [3.8, 4) is 0 Å². The number of allylic oxidation sites excluding steroid dienone is 5. The van der Waals surface area contributed by atoms with E-state index in [0.717, 1.165) is 0 Å². The van der Waals surface area contributed by atoms with Gasteiger partial charge in [-0.05, 0) is 57.9 Å². The Kier molecular flexibility index (Phi) is 3.84. The molecule has 0 bridgehead atoms. The third kappa shape index (κ3) is 2.24. The van der Waals surface area contributed by atoms with Crippen molar-refractivity contribution in [1.82, 2.24) is 0 Å². The molecule has 0 radical (unpaired) electrons. The predicted octanol–water partition coefficient (Wildman–Crippen LogP) is 7.80. The first-order valence-electron chi connectivity index (χ1n) is 9.92. The zero-order valence-electron chi connectivity index (χ0n) is 15.9. The second-order valence-corrected chi connectivity index (χ2v) is 11.3. The summed E-state index contributed by atoms with van der Waals surface area (Å²) in [7, 11) is 0. The van der Waals surface area contributed by atoms with E-state index in [9.17, 15) is 0 Å². The van der Waals surface area contributed by atoms with Gasteiger partial charge >= 0.3 is 0 Å². The summed E-state index contributed by atoms with van der Waals surface area (Å²) in [5.74, 6) is 2.24. The second-order valence-electron chi connectivity index (χ2n) is 9.44. The van der Waals surface area contributed by atoms with Gasteiger partial charge in [0.1, 0.15) is 0 Å². The zero-order chi connectivity index (χ0) is 18.4. The Hall–Kier alpha value is -0.600. The zero-order valence-corrected chi connectivity index (χ0v) is 19.1. The molecule has 0 saturated heterocycles. The molecule has 2 heteroatoms. The molecule has 0 heterocycles. The second kappa shape index (κ2) is 5.70. The Labute approximate surface area is 174 Å². The van der Waals surface area contributed by atoms with E-state index in [0.29, 0.717) is 33.9 Å². The Morgan fingerprint density at radius 2 is 1.77 bits per heavy atom. The highest BCUT2D eigenvalue weighted by atomic mass is 79.9. The van der Waals surface area contributed by atoms with Crippen LogP contribution in [0.3, 0.4) is 0 Å². The molecule has 0 nitrogen and oxygen atoms in total. The number of halogens is 2. The van der Waals surface area contributed by atoms with E-state index < -0.39 is 0 Å². The summed E-state index contributed by atoms with van der Waals surface area (Å²) < 4.78 is 1.31. The first-order chi connectivity index (χ1) is 12.3. The molecule has 1 aromatic rings. The molecular weight excluding hydrogens is 448 g/mol. The maximum Gasteiger partial charge on any atom is 0.0435 e. The van der Waals surface area contributed by atoms with Crippen LogP contribution in [-0.4, -0.2) is 4.83 Å². The normalized spacial score (nSPS) is 33.3. The minimum absolute atomic E-state index is 0.304. The molecule has 26 heavy (non-hydrogen) atoms. The number of hydrogen-bond acceptors (Lipinski definition) is 0. The highest BCUT2D eigenvalue weighted by Crippen LogP contribution is 2.62. The number of alkyl halides is 1. The Morgan fingerprint density at radius 1 is 1.04 bits per heavy atom. The van der Waals surface area contributed by atoms with Gasteiger partial charge in [-0.15, -0.1) is 0 Å². The molecule has 0 N–H and O–H groups in total. The van der Waals surface area contributed by atoms with Gasteiger partial charge in [-0.3, -0.25) is 0 Å². The van der Waals surface area contributed by atoms with Crippen LogP contribution in [0.2, 0.25) is 0 Å².